The van der Waals surface area contributed by atoms with E-state index >= 15 is 0 Å². The molecule has 0 heterocycles. The Labute approximate surface area is 93.9 Å². The summed E-state index contributed by atoms with van der Waals surface area (Å²) < 4.78 is 22.2. The molecule has 0 amide bonds. The molecule has 0 aliphatic heterocycles. The van der Waals surface area contributed by atoms with E-state index in [1.807, 2.05) is 6.92 Å². The highest BCUT2D eigenvalue weighted by Gasteiger charge is 2.14. The molecular weight excluding hydrogens is 230 g/mol. The lowest BCUT2D eigenvalue weighted by molar-refractivity contribution is 0.0695. The quantitative estimate of drug-likeness (QED) is 0.823. The van der Waals surface area contributed by atoms with Gasteiger partial charge in [-0.3, -0.25) is 0 Å². The van der Waals surface area contributed by atoms with Crippen LogP contribution >= 0.6 is 0 Å². The summed E-state index contributed by atoms with van der Waals surface area (Å²) in [6, 6.07) is 3.80. The summed E-state index contributed by atoms with van der Waals surface area (Å²) in [5.74, 6) is -1.07. The molecule has 0 aromatic heterocycles. The van der Waals surface area contributed by atoms with Gasteiger partial charge in [0.25, 0.3) is 0 Å². The van der Waals surface area contributed by atoms with Gasteiger partial charge in [-0.1, -0.05) is 13.3 Å². The van der Waals surface area contributed by atoms with Crippen LogP contribution in [0.5, 0.6) is 0 Å². The Kier molecular flexibility index (Phi) is 3.66. The number of aromatic carboxylic acids is 1. The lowest BCUT2D eigenvalue weighted by Crippen LogP contribution is -2.13. The minimum Gasteiger partial charge on any atom is -0.478 e. The standard InChI is InChI=1S/C10H13NO4S/c1-2-3-7-6-8(16(11,14)15)4-5-9(7)10(12)13/h4-6H,2-3H2,1H3,(H,12,13)(H2,11,14,15). The topological polar surface area (TPSA) is 97.5 Å². The summed E-state index contributed by atoms with van der Waals surface area (Å²) in [5, 5.41) is 13.9. The molecule has 0 bridgehead atoms. The number of carboxylic acids is 1. The number of hydrogen-bond donors (Lipinski definition) is 2. The number of carboxylic acid groups (broad SMARTS) is 1. The van der Waals surface area contributed by atoms with Crippen molar-refractivity contribution >= 4 is 16.0 Å². The number of benzene rings is 1. The SMILES string of the molecule is CCCc1cc(S(N)(=O)=O)ccc1C(=O)O. The molecule has 1 aromatic rings. The summed E-state index contributed by atoms with van der Waals surface area (Å²) >= 11 is 0. The predicted molar refractivity (Wildman–Crippen MR) is 58.8 cm³/mol. The molecule has 0 aliphatic rings. The molecule has 3 N–H and O–H groups in total. The Hall–Kier alpha value is -1.40. The summed E-state index contributed by atoms with van der Waals surface area (Å²) in [4.78, 5) is 10.8. The van der Waals surface area contributed by atoms with E-state index in [0.717, 1.165) is 6.42 Å². The Bertz CT molecular complexity index is 508. The van der Waals surface area contributed by atoms with E-state index in [-0.39, 0.29) is 10.5 Å². The molecule has 0 fully saturated rings. The molecule has 0 saturated heterocycles. The number of aryl methyl sites for hydroxylation is 1. The van der Waals surface area contributed by atoms with E-state index in [0.29, 0.717) is 12.0 Å². The first-order chi connectivity index (χ1) is 7.36. The predicted octanol–water partition coefficient (Wildman–Crippen LogP) is 0.985. The van der Waals surface area contributed by atoms with Gasteiger partial charge in [-0.25, -0.2) is 18.4 Å². The minimum absolute atomic E-state index is 0.0547. The van der Waals surface area contributed by atoms with Gasteiger partial charge in [-0.05, 0) is 30.2 Å². The zero-order valence-electron chi connectivity index (χ0n) is 8.80. The Balaban J connectivity index is 3.33. The average molecular weight is 243 g/mol. The van der Waals surface area contributed by atoms with E-state index in [2.05, 4.69) is 0 Å². The number of sulfonamides is 1. The first-order valence-corrected chi connectivity index (χ1v) is 6.30. The van der Waals surface area contributed by atoms with Crippen LogP contribution in [-0.2, 0) is 16.4 Å². The van der Waals surface area contributed by atoms with Crippen LogP contribution in [0.25, 0.3) is 0 Å². The molecule has 0 aliphatic carbocycles. The van der Waals surface area contributed by atoms with Crippen LogP contribution < -0.4 is 5.14 Å². The largest absolute Gasteiger partial charge is 0.478 e. The third-order valence-corrected chi connectivity index (χ3v) is 3.07. The van der Waals surface area contributed by atoms with E-state index in [1.54, 1.807) is 0 Å². The molecule has 0 radical (unpaired) electrons. The maximum atomic E-state index is 11.1. The lowest BCUT2D eigenvalue weighted by atomic mass is 10.0. The molecule has 1 aromatic carbocycles. The fourth-order valence-electron chi connectivity index (χ4n) is 1.43. The highest BCUT2D eigenvalue weighted by atomic mass is 32.2. The zero-order chi connectivity index (χ0) is 12.3. The lowest BCUT2D eigenvalue weighted by Gasteiger charge is -2.06. The molecule has 0 saturated carbocycles. The molecule has 88 valence electrons. The minimum atomic E-state index is -3.78. The second-order valence-electron chi connectivity index (χ2n) is 3.42. The van der Waals surface area contributed by atoms with Crippen molar-refractivity contribution in [3.05, 3.63) is 29.3 Å². The summed E-state index contributed by atoms with van der Waals surface area (Å²) in [7, 11) is -3.78. The first kappa shape index (κ1) is 12.7. The zero-order valence-corrected chi connectivity index (χ0v) is 9.62. The summed E-state index contributed by atoms with van der Waals surface area (Å²) in [6.45, 7) is 1.88. The number of carbonyl (C=O) groups is 1. The van der Waals surface area contributed by atoms with Gasteiger partial charge in [0.05, 0.1) is 10.5 Å². The molecule has 5 nitrogen and oxygen atoms in total. The highest BCUT2D eigenvalue weighted by Crippen LogP contribution is 2.17. The molecule has 16 heavy (non-hydrogen) atoms. The fourth-order valence-corrected chi connectivity index (χ4v) is 2.00. The van der Waals surface area contributed by atoms with Gasteiger partial charge in [0.1, 0.15) is 0 Å². The number of rotatable bonds is 4. The van der Waals surface area contributed by atoms with Crippen molar-refractivity contribution in [2.75, 3.05) is 0 Å². The van der Waals surface area contributed by atoms with Crippen molar-refractivity contribution in [1.82, 2.24) is 0 Å². The highest BCUT2D eigenvalue weighted by molar-refractivity contribution is 7.89. The van der Waals surface area contributed by atoms with Gasteiger partial charge in [0.2, 0.25) is 10.0 Å². The first-order valence-electron chi connectivity index (χ1n) is 4.75. The van der Waals surface area contributed by atoms with Gasteiger partial charge in [0.15, 0.2) is 0 Å². The van der Waals surface area contributed by atoms with Gasteiger partial charge in [-0.2, -0.15) is 0 Å². The van der Waals surface area contributed by atoms with Crippen LogP contribution in [0, 0.1) is 0 Å². The fraction of sp³-hybridized carbons (Fsp3) is 0.300. The van der Waals surface area contributed by atoms with E-state index in [4.69, 9.17) is 10.2 Å². The Morgan fingerprint density at radius 1 is 1.44 bits per heavy atom. The van der Waals surface area contributed by atoms with E-state index < -0.39 is 16.0 Å². The van der Waals surface area contributed by atoms with Crippen molar-refractivity contribution in [2.24, 2.45) is 5.14 Å². The molecule has 0 spiro atoms. The van der Waals surface area contributed by atoms with Gasteiger partial charge in [-0.15, -0.1) is 0 Å². The third kappa shape index (κ3) is 2.80. The molecule has 6 heteroatoms. The third-order valence-electron chi connectivity index (χ3n) is 2.15. The van der Waals surface area contributed by atoms with Crippen LogP contribution in [-0.4, -0.2) is 19.5 Å². The second kappa shape index (κ2) is 4.63. The summed E-state index contributed by atoms with van der Waals surface area (Å²) in [6.07, 6.45) is 1.24. The van der Waals surface area contributed by atoms with Crippen LogP contribution in [0.4, 0.5) is 0 Å². The monoisotopic (exact) mass is 243 g/mol. The molecule has 1 rings (SSSR count). The Morgan fingerprint density at radius 3 is 2.50 bits per heavy atom. The maximum absolute atomic E-state index is 11.1. The van der Waals surface area contributed by atoms with Crippen LogP contribution in [0.2, 0.25) is 0 Å². The smallest absolute Gasteiger partial charge is 0.335 e. The number of nitrogens with two attached hydrogens (primary N) is 1. The normalized spacial score (nSPS) is 11.4. The Morgan fingerprint density at radius 2 is 2.06 bits per heavy atom. The maximum Gasteiger partial charge on any atom is 0.335 e. The average Bonchev–Trinajstić information content (AvgIpc) is 2.16. The van der Waals surface area contributed by atoms with Gasteiger partial charge in [0, 0.05) is 0 Å². The van der Waals surface area contributed by atoms with E-state index in [9.17, 15) is 13.2 Å². The van der Waals surface area contributed by atoms with Crippen LogP contribution in [0.3, 0.4) is 0 Å². The summed E-state index contributed by atoms with van der Waals surface area (Å²) in [5.41, 5.74) is 0.607. The van der Waals surface area contributed by atoms with Crippen molar-refractivity contribution in [2.45, 2.75) is 24.7 Å². The van der Waals surface area contributed by atoms with Crippen molar-refractivity contribution < 1.29 is 18.3 Å². The van der Waals surface area contributed by atoms with Crippen LogP contribution in [0.15, 0.2) is 23.1 Å². The molecular formula is C10H13NO4S. The van der Waals surface area contributed by atoms with Gasteiger partial charge >= 0.3 is 5.97 Å². The second-order valence-corrected chi connectivity index (χ2v) is 4.98. The van der Waals surface area contributed by atoms with Crippen molar-refractivity contribution in [1.29, 1.82) is 0 Å². The van der Waals surface area contributed by atoms with Gasteiger partial charge < -0.3 is 5.11 Å². The molecule has 0 unspecified atom stereocenters. The number of hydrogen-bond acceptors (Lipinski definition) is 3. The number of primary sulfonamides is 1. The van der Waals surface area contributed by atoms with E-state index in [1.165, 1.54) is 18.2 Å². The van der Waals surface area contributed by atoms with Crippen LogP contribution in [0.1, 0.15) is 29.3 Å². The van der Waals surface area contributed by atoms with Crippen molar-refractivity contribution in [3.63, 3.8) is 0 Å². The van der Waals surface area contributed by atoms with Crippen molar-refractivity contribution in [3.8, 4) is 0 Å². The molecule has 0 atom stereocenters.